The highest BCUT2D eigenvalue weighted by Crippen LogP contribution is 2.31. The average Bonchev–Trinajstić information content (AvgIpc) is 2.94. The first-order valence-corrected chi connectivity index (χ1v) is 13.7. The fraction of sp³-hybridized carbons (Fsp3) is 0.303. The first-order valence-electron chi connectivity index (χ1n) is 13.7. The fourth-order valence-corrected chi connectivity index (χ4v) is 5.74. The van der Waals surface area contributed by atoms with Crippen LogP contribution < -0.4 is 10.5 Å². The van der Waals surface area contributed by atoms with E-state index in [-0.39, 0.29) is 29.8 Å². The number of hydrogen-bond acceptors (Lipinski definition) is 5. The van der Waals surface area contributed by atoms with Crippen LogP contribution in [-0.4, -0.2) is 46.8 Å². The van der Waals surface area contributed by atoms with Crippen LogP contribution in [0.4, 0.5) is 10.5 Å². The van der Waals surface area contributed by atoms with Gasteiger partial charge in [-0.15, -0.1) is 0 Å². The maximum Gasteiger partial charge on any atom is 0.410 e. The Kier molecular flexibility index (Phi) is 7.36. The minimum atomic E-state index is -0.265. The van der Waals surface area contributed by atoms with Crippen molar-refractivity contribution in [2.24, 2.45) is 0 Å². The van der Waals surface area contributed by atoms with E-state index < -0.39 is 0 Å². The van der Waals surface area contributed by atoms with Gasteiger partial charge in [0, 0.05) is 36.0 Å². The van der Waals surface area contributed by atoms with Gasteiger partial charge in [-0.05, 0) is 99.2 Å². The molecule has 5 rings (SSSR count). The van der Waals surface area contributed by atoms with E-state index in [2.05, 4.69) is 11.0 Å². The van der Waals surface area contributed by atoms with Crippen LogP contribution in [-0.2, 0) is 4.74 Å². The van der Waals surface area contributed by atoms with Gasteiger partial charge in [-0.1, -0.05) is 24.3 Å². The molecule has 1 aromatic heterocycles. The van der Waals surface area contributed by atoms with E-state index in [1.165, 1.54) is 0 Å². The molecule has 40 heavy (non-hydrogen) atoms. The number of benzene rings is 3. The molecule has 7 nitrogen and oxygen atoms in total. The number of nitriles is 1. The summed E-state index contributed by atoms with van der Waals surface area (Å²) < 4.78 is 7.16. The Morgan fingerprint density at radius 2 is 1.57 bits per heavy atom. The van der Waals surface area contributed by atoms with E-state index in [9.17, 15) is 9.59 Å². The van der Waals surface area contributed by atoms with Gasteiger partial charge in [-0.25, -0.2) is 4.79 Å². The number of amides is 1. The molecule has 0 aliphatic carbocycles. The number of aromatic nitrogens is 1. The molecule has 1 amide bonds. The molecular formula is C33H34N4O3. The number of pyridine rings is 1. The summed E-state index contributed by atoms with van der Waals surface area (Å²) in [5.41, 5.74) is 5.30. The Morgan fingerprint density at radius 1 is 0.950 bits per heavy atom. The summed E-state index contributed by atoms with van der Waals surface area (Å²) in [4.78, 5) is 30.4. The zero-order chi connectivity index (χ0) is 28.6. The second-order valence-electron chi connectivity index (χ2n) is 10.9. The average molecular weight is 535 g/mol. The zero-order valence-electron chi connectivity index (χ0n) is 23.6. The van der Waals surface area contributed by atoms with Crippen LogP contribution in [0.3, 0.4) is 0 Å². The molecule has 3 aromatic carbocycles. The second-order valence-corrected chi connectivity index (χ2v) is 10.9. The van der Waals surface area contributed by atoms with Crippen molar-refractivity contribution in [1.82, 2.24) is 9.47 Å². The number of rotatable bonds is 4. The highest BCUT2D eigenvalue weighted by Gasteiger charge is 2.34. The van der Waals surface area contributed by atoms with Crippen LogP contribution in [0.2, 0.25) is 0 Å². The number of hydrogen-bond donors (Lipinski definition) is 0. The van der Waals surface area contributed by atoms with Crippen LogP contribution >= 0.6 is 0 Å². The summed E-state index contributed by atoms with van der Waals surface area (Å²) in [7, 11) is 0. The van der Waals surface area contributed by atoms with Crippen LogP contribution in [0.15, 0.2) is 77.7 Å². The molecule has 2 unspecified atom stereocenters. The normalized spacial score (nSPS) is 17.2. The van der Waals surface area contributed by atoms with Gasteiger partial charge in [0.1, 0.15) is 0 Å². The van der Waals surface area contributed by atoms with E-state index in [0.717, 1.165) is 33.5 Å². The van der Waals surface area contributed by atoms with Gasteiger partial charge in [0.25, 0.3) is 5.56 Å². The van der Waals surface area contributed by atoms with Crippen molar-refractivity contribution in [1.29, 1.82) is 5.26 Å². The van der Waals surface area contributed by atoms with Gasteiger partial charge in [-0.3, -0.25) is 14.3 Å². The molecule has 4 aromatic rings. The lowest BCUT2D eigenvalue weighted by Crippen LogP contribution is -2.59. The van der Waals surface area contributed by atoms with E-state index in [1.54, 1.807) is 16.7 Å². The molecule has 0 spiro atoms. The second kappa shape index (κ2) is 10.9. The molecular weight excluding hydrogens is 500 g/mol. The van der Waals surface area contributed by atoms with Gasteiger partial charge in [0.05, 0.1) is 29.8 Å². The highest BCUT2D eigenvalue weighted by atomic mass is 16.6. The lowest BCUT2D eigenvalue weighted by atomic mass is 9.96. The Labute approximate surface area is 234 Å². The van der Waals surface area contributed by atoms with Gasteiger partial charge >= 0.3 is 6.09 Å². The van der Waals surface area contributed by atoms with Crippen LogP contribution in [0.25, 0.3) is 27.6 Å². The Morgan fingerprint density at radius 3 is 2.17 bits per heavy atom. The number of carbonyl (C=O) groups excluding carboxylic acids is 1. The summed E-state index contributed by atoms with van der Waals surface area (Å²) in [6.45, 7) is 11.2. The highest BCUT2D eigenvalue weighted by molar-refractivity contribution is 5.98. The van der Waals surface area contributed by atoms with Gasteiger partial charge in [-0.2, -0.15) is 5.26 Å². The van der Waals surface area contributed by atoms with Crippen LogP contribution in [0, 0.1) is 18.3 Å². The summed E-state index contributed by atoms with van der Waals surface area (Å²) in [6.07, 6.45) is 1.48. The molecule has 1 saturated heterocycles. The van der Waals surface area contributed by atoms with Crippen LogP contribution in [0.1, 0.15) is 38.8 Å². The van der Waals surface area contributed by atoms with Crippen molar-refractivity contribution in [2.75, 3.05) is 18.0 Å². The summed E-state index contributed by atoms with van der Waals surface area (Å²) in [5, 5.41) is 10.7. The predicted molar refractivity (Wildman–Crippen MR) is 159 cm³/mol. The van der Waals surface area contributed by atoms with Crippen molar-refractivity contribution in [3.8, 4) is 22.9 Å². The van der Waals surface area contributed by atoms with Gasteiger partial charge in [0.2, 0.25) is 0 Å². The van der Waals surface area contributed by atoms with Crippen molar-refractivity contribution in [3.05, 3.63) is 94.4 Å². The Balaban J connectivity index is 1.43. The lowest BCUT2D eigenvalue weighted by molar-refractivity contribution is 0.0469. The molecule has 1 fully saturated rings. The molecule has 1 aliphatic rings. The van der Waals surface area contributed by atoms with Crippen molar-refractivity contribution in [3.63, 3.8) is 0 Å². The van der Waals surface area contributed by atoms with Crippen molar-refractivity contribution in [2.45, 2.75) is 52.8 Å². The first-order chi connectivity index (χ1) is 19.2. The molecule has 7 heteroatoms. The van der Waals surface area contributed by atoms with Gasteiger partial charge < -0.3 is 9.64 Å². The topological polar surface area (TPSA) is 78.6 Å². The van der Waals surface area contributed by atoms with Crippen molar-refractivity contribution < 1.29 is 9.53 Å². The largest absolute Gasteiger partial charge is 0.447 e. The molecule has 0 saturated carbocycles. The zero-order valence-corrected chi connectivity index (χ0v) is 23.6. The van der Waals surface area contributed by atoms with Crippen molar-refractivity contribution >= 4 is 22.6 Å². The quantitative estimate of drug-likeness (QED) is 0.308. The standard InChI is InChI=1S/C33H34N4O3/c1-21(2)40-33(39)37-23(4)19-35(20-24(37)5)27-13-15-28(16-14-27)36-18-22(3)31-29(7-6-8-30(31)32(36)38)26-11-9-25(17-34)10-12-26/h6-16,18,21,23-24H,19-20H2,1-5H3. The predicted octanol–water partition coefficient (Wildman–Crippen LogP) is 6.28. The minimum absolute atomic E-state index is 0.00531. The molecule has 0 radical (unpaired) electrons. The first kappa shape index (κ1) is 27.0. The van der Waals surface area contributed by atoms with E-state index in [1.807, 2.05) is 100 Å². The number of anilines is 1. The number of aryl methyl sites for hydroxylation is 1. The number of piperazine rings is 1. The number of ether oxygens (including phenoxy) is 1. The van der Waals surface area contributed by atoms with Gasteiger partial charge in [0.15, 0.2) is 0 Å². The number of nitrogens with zero attached hydrogens (tertiary/aromatic N) is 4. The Bertz CT molecular complexity index is 1640. The molecule has 2 atom stereocenters. The fourth-order valence-electron chi connectivity index (χ4n) is 5.74. The molecule has 1 aliphatic heterocycles. The number of carbonyl (C=O) groups is 1. The SMILES string of the molecule is Cc1cn(-c2ccc(N3CC(C)N(C(=O)OC(C)C)C(C)C3)cc2)c(=O)c2cccc(-c3ccc(C#N)cc3)c12. The molecule has 0 bridgehead atoms. The van der Waals surface area contributed by atoms with Crippen LogP contribution in [0.5, 0.6) is 0 Å². The smallest absolute Gasteiger partial charge is 0.410 e. The molecule has 0 N–H and O–H groups in total. The summed E-state index contributed by atoms with van der Waals surface area (Å²) in [5.74, 6) is 0. The number of fused-ring (bicyclic) bond motifs is 1. The Hall–Kier alpha value is -4.57. The van der Waals surface area contributed by atoms with E-state index in [0.29, 0.717) is 24.0 Å². The maximum atomic E-state index is 13.7. The third kappa shape index (κ3) is 5.05. The third-order valence-electron chi connectivity index (χ3n) is 7.52. The third-order valence-corrected chi connectivity index (χ3v) is 7.52. The summed E-state index contributed by atoms with van der Waals surface area (Å²) >= 11 is 0. The summed E-state index contributed by atoms with van der Waals surface area (Å²) in [6, 6.07) is 23.4. The molecule has 204 valence electrons. The van der Waals surface area contributed by atoms with E-state index >= 15 is 0 Å². The maximum absolute atomic E-state index is 13.7. The lowest BCUT2D eigenvalue weighted by Gasteiger charge is -2.44. The monoisotopic (exact) mass is 534 g/mol. The van der Waals surface area contributed by atoms with E-state index in [4.69, 9.17) is 10.00 Å². The molecule has 2 heterocycles. The minimum Gasteiger partial charge on any atom is -0.447 e.